The van der Waals surface area contributed by atoms with Gasteiger partial charge in [-0.2, -0.15) is 0 Å². The zero-order chi connectivity index (χ0) is 20.5. The van der Waals surface area contributed by atoms with Gasteiger partial charge in [-0.25, -0.2) is 4.72 Å². The first-order valence-electron chi connectivity index (χ1n) is 9.44. The van der Waals surface area contributed by atoms with Crippen LogP contribution in [0.25, 0.3) is 0 Å². The van der Waals surface area contributed by atoms with E-state index < -0.39 is 23.5 Å². The molecule has 2 aromatic rings. The lowest BCUT2D eigenvalue weighted by Crippen LogP contribution is -2.43. The predicted molar refractivity (Wildman–Crippen MR) is 109 cm³/mol. The van der Waals surface area contributed by atoms with Crippen molar-refractivity contribution in [2.24, 2.45) is 0 Å². The van der Waals surface area contributed by atoms with Crippen molar-refractivity contribution in [3.8, 4) is 11.5 Å². The van der Waals surface area contributed by atoms with Gasteiger partial charge in [-0.05, 0) is 36.4 Å². The maximum Gasteiger partial charge on any atom is 0.311 e. The minimum Gasteiger partial charge on any atom is -0.760 e. The predicted octanol–water partition coefficient (Wildman–Crippen LogP) is 1.57. The summed E-state index contributed by atoms with van der Waals surface area (Å²) in [6.07, 6.45) is -0.733. The molecule has 1 saturated heterocycles. The normalized spacial score (nSPS) is 16.1. The van der Waals surface area contributed by atoms with Gasteiger partial charge < -0.3 is 24.2 Å². The van der Waals surface area contributed by atoms with Gasteiger partial charge in [0.1, 0.15) is 11.5 Å². The van der Waals surface area contributed by atoms with Crippen LogP contribution in [-0.4, -0.2) is 47.1 Å². The molecule has 0 aliphatic carbocycles. The first-order valence-corrected chi connectivity index (χ1v) is 10.5. The van der Waals surface area contributed by atoms with Gasteiger partial charge in [0.15, 0.2) is 6.23 Å². The summed E-state index contributed by atoms with van der Waals surface area (Å²) in [5.74, 6) is 0.499. The lowest BCUT2D eigenvalue weighted by atomic mass is 10.2. The number of anilines is 1. The number of benzene rings is 2. The first-order chi connectivity index (χ1) is 14.1. The summed E-state index contributed by atoms with van der Waals surface area (Å²) < 4.78 is 35.4. The molecule has 0 spiro atoms. The molecule has 9 heteroatoms. The molecule has 3 rings (SSSR count). The van der Waals surface area contributed by atoms with Crippen molar-refractivity contribution in [3.63, 3.8) is 0 Å². The Labute approximate surface area is 172 Å². The maximum atomic E-state index is 12.0. The number of piperazine rings is 1. The summed E-state index contributed by atoms with van der Waals surface area (Å²) in [5, 5.41) is 3.31. The monoisotopic (exact) mass is 418 g/mol. The summed E-state index contributed by atoms with van der Waals surface area (Å²) >= 11 is -2.52. The Bertz CT molecular complexity index is 798. The van der Waals surface area contributed by atoms with E-state index in [1.165, 1.54) is 0 Å². The number of hydrogen-bond donors (Lipinski definition) is 2. The van der Waals surface area contributed by atoms with Crippen molar-refractivity contribution in [2.45, 2.75) is 19.1 Å². The number of carbonyl (C=O) groups is 1. The highest BCUT2D eigenvalue weighted by Crippen LogP contribution is 2.21. The Morgan fingerprint density at radius 1 is 1.10 bits per heavy atom. The van der Waals surface area contributed by atoms with E-state index in [0.717, 1.165) is 31.9 Å². The van der Waals surface area contributed by atoms with Gasteiger partial charge in [-0.1, -0.05) is 18.2 Å². The topological polar surface area (TPSA) is 103 Å². The zero-order valence-corrected chi connectivity index (χ0v) is 16.7. The SMILES string of the molecule is O=C(CCC(NS(=O)[O-])Oc1ccc(N2CCNCC2)cc1)Oc1ccccc1. The lowest BCUT2D eigenvalue weighted by molar-refractivity contribution is -0.134. The van der Waals surface area contributed by atoms with Crippen molar-refractivity contribution >= 4 is 22.9 Å². The fourth-order valence-corrected chi connectivity index (χ4v) is 3.37. The maximum absolute atomic E-state index is 12.0. The van der Waals surface area contributed by atoms with Crippen LogP contribution in [0.1, 0.15) is 12.8 Å². The third-order valence-electron chi connectivity index (χ3n) is 4.41. The molecule has 156 valence electrons. The average Bonchev–Trinajstić information content (AvgIpc) is 2.73. The Morgan fingerprint density at radius 3 is 2.45 bits per heavy atom. The third-order valence-corrected chi connectivity index (χ3v) is 4.87. The highest BCUT2D eigenvalue weighted by atomic mass is 32.2. The van der Waals surface area contributed by atoms with E-state index in [4.69, 9.17) is 9.47 Å². The van der Waals surface area contributed by atoms with Gasteiger partial charge in [0.05, 0.1) is 6.42 Å². The molecule has 29 heavy (non-hydrogen) atoms. The van der Waals surface area contributed by atoms with E-state index in [1.54, 1.807) is 36.4 Å². The van der Waals surface area contributed by atoms with Gasteiger partial charge >= 0.3 is 5.97 Å². The Morgan fingerprint density at radius 2 is 1.79 bits per heavy atom. The van der Waals surface area contributed by atoms with Crippen LogP contribution in [0.3, 0.4) is 0 Å². The van der Waals surface area contributed by atoms with Gasteiger partial charge in [0.25, 0.3) is 0 Å². The number of esters is 1. The fraction of sp³-hybridized carbons (Fsp3) is 0.350. The smallest absolute Gasteiger partial charge is 0.311 e. The highest BCUT2D eigenvalue weighted by molar-refractivity contribution is 7.77. The van der Waals surface area contributed by atoms with E-state index in [9.17, 15) is 13.6 Å². The number of para-hydroxylation sites is 1. The van der Waals surface area contributed by atoms with Gasteiger partial charge in [0.2, 0.25) is 0 Å². The van der Waals surface area contributed by atoms with Crippen LogP contribution in [-0.2, 0) is 16.1 Å². The molecule has 0 saturated carbocycles. The minimum absolute atomic E-state index is 0.00260. The zero-order valence-electron chi connectivity index (χ0n) is 15.9. The molecule has 1 fully saturated rings. The lowest BCUT2D eigenvalue weighted by Gasteiger charge is -2.29. The van der Waals surface area contributed by atoms with Crippen molar-refractivity contribution < 1.29 is 23.0 Å². The van der Waals surface area contributed by atoms with Crippen LogP contribution < -0.4 is 24.4 Å². The molecule has 2 unspecified atom stereocenters. The number of nitrogens with zero attached hydrogens (tertiary/aromatic N) is 1. The van der Waals surface area contributed by atoms with E-state index >= 15 is 0 Å². The fourth-order valence-electron chi connectivity index (χ4n) is 2.99. The van der Waals surface area contributed by atoms with Crippen molar-refractivity contribution in [1.29, 1.82) is 0 Å². The molecule has 0 radical (unpaired) electrons. The van der Waals surface area contributed by atoms with Crippen LogP contribution in [0.2, 0.25) is 0 Å². The molecule has 1 heterocycles. The highest BCUT2D eigenvalue weighted by Gasteiger charge is 2.15. The number of nitrogens with one attached hydrogen (secondary N) is 2. The largest absolute Gasteiger partial charge is 0.760 e. The van der Waals surface area contributed by atoms with E-state index in [-0.39, 0.29) is 12.8 Å². The van der Waals surface area contributed by atoms with Crippen molar-refractivity contribution in [2.75, 3.05) is 31.1 Å². The Hall–Kier alpha value is -2.46. The molecule has 2 aromatic carbocycles. The molecule has 0 bridgehead atoms. The molecular weight excluding hydrogens is 394 g/mol. The number of hydrogen-bond acceptors (Lipinski definition) is 7. The third kappa shape index (κ3) is 7.13. The Balaban J connectivity index is 1.54. The summed E-state index contributed by atoms with van der Waals surface area (Å²) in [4.78, 5) is 14.3. The molecule has 8 nitrogen and oxygen atoms in total. The molecular formula is C20H24N3O5S-. The summed E-state index contributed by atoms with van der Waals surface area (Å²) in [5.41, 5.74) is 1.09. The van der Waals surface area contributed by atoms with Gasteiger partial charge in [0, 0.05) is 49.6 Å². The van der Waals surface area contributed by atoms with E-state index in [2.05, 4.69) is 14.9 Å². The van der Waals surface area contributed by atoms with Gasteiger partial charge in [-0.15, -0.1) is 0 Å². The standard InChI is InChI=1S/C20H25N3O5S/c24-20(28-17-4-2-1-3-5-17)11-10-19(22-29(25)26)27-18-8-6-16(7-9-18)23-14-12-21-13-15-23/h1-9,19,21-22H,10-15H2,(H,25,26)/p-1. The molecule has 0 aromatic heterocycles. The van der Waals surface area contributed by atoms with E-state index in [0.29, 0.717) is 11.5 Å². The molecule has 2 N–H and O–H groups in total. The van der Waals surface area contributed by atoms with Crippen LogP contribution in [0.5, 0.6) is 11.5 Å². The van der Waals surface area contributed by atoms with Gasteiger partial charge in [-0.3, -0.25) is 9.00 Å². The Kier molecular flexibility index (Phi) is 8.00. The summed E-state index contributed by atoms with van der Waals surface area (Å²) in [6, 6.07) is 16.2. The van der Waals surface area contributed by atoms with Crippen molar-refractivity contribution in [1.82, 2.24) is 10.0 Å². The average molecular weight is 418 g/mol. The number of carbonyl (C=O) groups excluding carboxylic acids is 1. The molecule has 0 amide bonds. The number of rotatable bonds is 9. The van der Waals surface area contributed by atoms with Crippen LogP contribution in [0.15, 0.2) is 54.6 Å². The molecule has 1 aliphatic rings. The second kappa shape index (κ2) is 10.9. The van der Waals surface area contributed by atoms with Crippen LogP contribution in [0.4, 0.5) is 5.69 Å². The second-order valence-corrected chi connectivity index (χ2v) is 7.22. The molecule has 1 aliphatic heterocycles. The second-order valence-electron chi connectivity index (χ2n) is 6.52. The van der Waals surface area contributed by atoms with Crippen molar-refractivity contribution in [3.05, 3.63) is 54.6 Å². The van der Waals surface area contributed by atoms with E-state index in [1.807, 2.05) is 18.2 Å². The quantitative estimate of drug-likeness (QED) is 0.276. The molecule has 2 atom stereocenters. The van der Waals surface area contributed by atoms with Crippen LogP contribution in [0, 0.1) is 0 Å². The number of ether oxygens (including phenoxy) is 2. The summed E-state index contributed by atoms with van der Waals surface area (Å²) in [6.45, 7) is 3.75. The summed E-state index contributed by atoms with van der Waals surface area (Å²) in [7, 11) is 0. The van der Waals surface area contributed by atoms with Crippen LogP contribution >= 0.6 is 0 Å². The first kappa shape index (κ1) is 21.3. The minimum atomic E-state index is -2.52.